The molecule has 1 unspecified atom stereocenters. The van der Waals surface area contributed by atoms with Crippen LogP contribution in [-0.4, -0.2) is 22.2 Å². The Labute approximate surface area is 181 Å². The molecular formula is C24H29N3O2S. The van der Waals surface area contributed by atoms with Gasteiger partial charge < -0.3 is 10.4 Å². The van der Waals surface area contributed by atoms with Gasteiger partial charge in [-0.1, -0.05) is 50.3 Å². The van der Waals surface area contributed by atoms with Crippen molar-refractivity contribution in [1.82, 2.24) is 10.3 Å². The second-order valence-electron chi connectivity index (χ2n) is 8.23. The van der Waals surface area contributed by atoms with Gasteiger partial charge >= 0.3 is 6.09 Å². The maximum atomic E-state index is 12.2. The van der Waals surface area contributed by atoms with Gasteiger partial charge in [0.2, 0.25) is 0 Å². The quantitative estimate of drug-likeness (QED) is 0.451. The van der Waals surface area contributed by atoms with Crippen molar-refractivity contribution in [1.29, 1.82) is 0 Å². The third-order valence-electron chi connectivity index (χ3n) is 5.96. The molecule has 1 atom stereocenters. The van der Waals surface area contributed by atoms with E-state index in [1.807, 2.05) is 36.4 Å². The van der Waals surface area contributed by atoms with Gasteiger partial charge in [-0.3, -0.25) is 4.98 Å². The van der Waals surface area contributed by atoms with Crippen LogP contribution >= 0.6 is 11.3 Å². The molecule has 5 nitrogen and oxygen atoms in total. The monoisotopic (exact) mass is 423 g/mol. The number of thiophene rings is 1. The lowest BCUT2D eigenvalue weighted by atomic mass is 9.85. The zero-order valence-electron chi connectivity index (χ0n) is 17.4. The number of rotatable bonds is 7. The van der Waals surface area contributed by atoms with Gasteiger partial charge in [0, 0.05) is 23.5 Å². The van der Waals surface area contributed by atoms with Crippen LogP contribution in [0, 0.1) is 5.92 Å². The van der Waals surface area contributed by atoms with E-state index in [1.54, 1.807) is 12.3 Å². The molecule has 30 heavy (non-hydrogen) atoms. The molecule has 1 aliphatic carbocycles. The number of hydrogen-bond acceptors (Lipinski definition) is 4. The van der Waals surface area contributed by atoms with E-state index in [0.29, 0.717) is 23.3 Å². The number of pyridine rings is 1. The first kappa shape index (κ1) is 20.8. The molecule has 0 bridgehead atoms. The van der Waals surface area contributed by atoms with E-state index in [9.17, 15) is 9.90 Å². The summed E-state index contributed by atoms with van der Waals surface area (Å²) in [6.07, 6.45) is 8.65. The fourth-order valence-electron chi connectivity index (χ4n) is 4.44. The Morgan fingerprint density at radius 3 is 2.80 bits per heavy atom. The maximum absolute atomic E-state index is 12.2. The van der Waals surface area contributed by atoms with Gasteiger partial charge in [0.05, 0.1) is 11.4 Å². The molecule has 0 spiro atoms. The van der Waals surface area contributed by atoms with Crippen molar-refractivity contribution in [3.8, 4) is 0 Å². The summed E-state index contributed by atoms with van der Waals surface area (Å²) in [5.41, 5.74) is 1.38. The zero-order valence-corrected chi connectivity index (χ0v) is 18.2. The van der Waals surface area contributed by atoms with Crippen molar-refractivity contribution in [2.75, 3.05) is 4.90 Å². The van der Waals surface area contributed by atoms with Crippen molar-refractivity contribution < 1.29 is 9.90 Å². The predicted octanol–water partition coefficient (Wildman–Crippen LogP) is 6.56. The van der Waals surface area contributed by atoms with Gasteiger partial charge in [0.15, 0.2) is 0 Å². The molecule has 3 aromatic rings. The van der Waals surface area contributed by atoms with Crippen LogP contribution in [0.3, 0.4) is 0 Å². The summed E-state index contributed by atoms with van der Waals surface area (Å²) in [4.78, 5) is 18.1. The zero-order chi connectivity index (χ0) is 20.9. The summed E-state index contributed by atoms with van der Waals surface area (Å²) in [5, 5.41) is 15.3. The Kier molecular flexibility index (Phi) is 6.65. The van der Waals surface area contributed by atoms with E-state index >= 15 is 0 Å². The summed E-state index contributed by atoms with van der Waals surface area (Å²) >= 11 is 1.48. The molecule has 1 aromatic carbocycles. The lowest BCUT2D eigenvalue weighted by Gasteiger charge is -2.26. The molecule has 2 aromatic heterocycles. The first-order valence-corrected chi connectivity index (χ1v) is 11.6. The molecule has 158 valence electrons. The van der Waals surface area contributed by atoms with Gasteiger partial charge in [0.1, 0.15) is 5.00 Å². The normalized spacial score (nSPS) is 15.9. The Balaban J connectivity index is 1.52. The minimum absolute atomic E-state index is 0.380. The first-order valence-electron chi connectivity index (χ1n) is 10.8. The highest BCUT2D eigenvalue weighted by Gasteiger charge is 2.23. The molecular weight excluding hydrogens is 394 g/mol. The number of carboxylic acid groups (broad SMARTS) is 1. The van der Waals surface area contributed by atoms with Crippen molar-refractivity contribution in [2.45, 2.75) is 58.0 Å². The molecule has 1 fully saturated rings. The highest BCUT2D eigenvalue weighted by Crippen LogP contribution is 2.37. The third-order valence-corrected chi connectivity index (χ3v) is 7.06. The average molecular weight is 424 g/mol. The number of hydrogen-bond donors (Lipinski definition) is 2. The van der Waals surface area contributed by atoms with E-state index in [2.05, 4.69) is 17.2 Å². The highest BCUT2D eigenvalue weighted by atomic mass is 32.1. The minimum Gasteiger partial charge on any atom is -0.464 e. The molecule has 1 aliphatic rings. The number of benzene rings is 1. The highest BCUT2D eigenvalue weighted by molar-refractivity contribution is 7.23. The fraction of sp³-hybridized carbons (Fsp3) is 0.417. The molecule has 2 N–H and O–H groups in total. The summed E-state index contributed by atoms with van der Waals surface area (Å²) in [6, 6.07) is 13.9. The Hall–Kier alpha value is -2.44. The van der Waals surface area contributed by atoms with Gasteiger partial charge in [-0.2, -0.15) is 0 Å². The number of nitrogens with one attached hydrogen (secondary N) is 1. The number of anilines is 2. The molecule has 0 aliphatic heterocycles. The molecule has 0 radical (unpaired) electrons. The fourth-order valence-corrected chi connectivity index (χ4v) is 5.51. The number of amides is 1. The molecule has 0 saturated heterocycles. The van der Waals surface area contributed by atoms with E-state index in [1.165, 1.54) is 54.8 Å². The number of carbonyl (C=O) groups is 1. The van der Waals surface area contributed by atoms with Crippen LogP contribution in [0.5, 0.6) is 0 Å². The Bertz CT molecular complexity index is 964. The van der Waals surface area contributed by atoms with E-state index in [0.717, 1.165) is 21.7 Å². The van der Waals surface area contributed by atoms with Crippen LogP contribution in [0.1, 0.15) is 51.1 Å². The Morgan fingerprint density at radius 2 is 2.03 bits per heavy atom. The average Bonchev–Trinajstić information content (AvgIpc) is 3.17. The van der Waals surface area contributed by atoms with Gasteiger partial charge in [0.25, 0.3) is 0 Å². The van der Waals surface area contributed by atoms with Crippen LogP contribution in [0.2, 0.25) is 0 Å². The second kappa shape index (κ2) is 9.58. The number of nitrogens with zero attached hydrogens (tertiary/aromatic N) is 2. The van der Waals surface area contributed by atoms with E-state index < -0.39 is 6.09 Å². The van der Waals surface area contributed by atoms with Gasteiger partial charge in [-0.25, -0.2) is 9.69 Å². The molecule has 4 rings (SSSR count). The van der Waals surface area contributed by atoms with Crippen LogP contribution in [0.4, 0.5) is 15.5 Å². The maximum Gasteiger partial charge on any atom is 0.417 e. The smallest absolute Gasteiger partial charge is 0.417 e. The standard InChI is InChI=1S/C24H29N3O2S/c1-17(14-18-8-3-2-4-9-18)26-16-20-21(11-7-13-25-20)27(24(28)29)23-15-19-10-5-6-12-22(19)30-23/h5-7,10-13,15,17-18,26H,2-4,8-9,14,16H2,1H3,(H,28,29). The SMILES string of the molecule is CC(CC1CCCCC1)NCc1ncccc1N(C(=O)O)c1cc2ccccc2s1. The molecule has 2 heterocycles. The number of fused-ring (bicyclic) bond motifs is 1. The second-order valence-corrected chi connectivity index (χ2v) is 9.29. The molecule has 6 heteroatoms. The van der Waals surface area contributed by atoms with Crippen LogP contribution in [-0.2, 0) is 6.54 Å². The van der Waals surface area contributed by atoms with Crippen LogP contribution in [0.15, 0.2) is 48.7 Å². The van der Waals surface area contributed by atoms with Crippen molar-refractivity contribution in [2.24, 2.45) is 5.92 Å². The predicted molar refractivity (Wildman–Crippen MR) is 124 cm³/mol. The van der Waals surface area contributed by atoms with Crippen molar-refractivity contribution >= 4 is 38.2 Å². The van der Waals surface area contributed by atoms with E-state index in [4.69, 9.17) is 0 Å². The lowest BCUT2D eigenvalue weighted by Crippen LogP contribution is -2.30. The Morgan fingerprint density at radius 1 is 1.23 bits per heavy atom. The summed E-state index contributed by atoms with van der Waals surface area (Å²) in [6.45, 7) is 2.77. The molecule has 1 amide bonds. The van der Waals surface area contributed by atoms with Gasteiger partial charge in [-0.05, 0) is 48.9 Å². The van der Waals surface area contributed by atoms with Crippen LogP contribution in [0.25, 0.3) is 10.1 Å². The van der Waals surface area contributed by atoms with E-state index in [-0.39, 0.29) is 0 Å². The third kappa shape index (κ3) is 4.82. The van der Waals surface area contributed by atoms with Gasteiger partial charge in [-0.15, -0.1) is 11.3 Å². The van der Waals surface area contributed by atoms with Crippen LogP contribution < -0.4 is 10.2 Å². The topological polar surface area (TPSA) is 65.5 Å². The van der Waals surface area contributed by atoms with Crippen molar-refractivity contribution in [3.63, 3.8) is 0 Å². The molecule has 1 saturated carbocycles. The summed E-state index contributed by atoms with van der Waals surface area (Å²) < 4.78 is 1.07. The largest absolute Gasteiger partial charge is 0.464 e. The minimum atomic E-state index is -0.994. The summed E-state index contributed by atoms with van der Waals surface area (Å²) in [5.74, 6) is 0.804. The lowest BCUT2D eigenvalue weighted by molar-refractivity contribution is 0.205. The van der Waals surface area contributed by atoms with Crippen molar-refractivity contribution in [3.05, 3.63) is 54.4 Å². The number of aromatic nitrogens is 1. The summed E-state index contributed by atoms with van der Waals surface area (Å²) in [7, 11) is 0. The first-order chi connectivity index (χ1) is 14.6.